The van der Waals surface area contributed by atoms with Gasteiger partial charge in [0.25, 0.3) is 6.01 Å². The monoisotopic (exact) mass is 357 g/mol. The molecule has 0 radical (unpaired) electrons. The molecule has 1 aromatic heterocycles. The Bertz CT molecular complexity index is 891. The maximum absolute atomic E-state index is 12.5. The van der Waals surface area contributed by atoms with Crippen LogP contribution >= 0.6 is 0 Å². The Balaban J connectivity index is 1.64. The second-order valence-electron chi connectivity index (χ2n) is 5.61. The SMILES string of the molecule is COc1ccc(CNc2nc3ccc(OC/C(=C/F)CN)cc3o2)cc1. The first-order valence-corrected chi connectivity index (χ1v) is 8.10. The number of nitrogens with one attached hydrogen (secondary N) is 1. The van der Waals surface area contributed by atoms with Crippen molar-refractivity contribution in [1.29, 1.82) is 0 Å². The first-order chi connectivity index (χ1) is 12.7. The lowest BCUT2D eigenvalue weighted by Crippen LogP contribution is -2.10. The van der Waals surface area contributed by atoms with Crippen LogP contribution in [0.15, 0.2) is 58.8 Å². The van der Waals surface area contributed by atoms with E-state index in [-0.39, 0.29) is 13.2 Å². The molecule has 3 aromatic rings. The molecule has 3 rings (SSSR count). The van der Waals surface area contributed by atoms with Gasteiger partial charge in [0, 0.05) is 24.7 Å². The van der Waals surface area contributed by atoms with Gasteiger partial charge in [-0.2, -0.15) is 4.98 Å². The highest BCUT2D eigenvalue weighted by atomic mass is 19.1. The highest BCUT2D eigenvalue weighted by Crippen LogP contribution is 2.24. The Labute approximate surface area is 150 Å². The van der Waals surface area contributed by atoms with E-state index in [0.29, 0.717) is 41.3 Å². The quantitative estimate of drug-likeness (QED) is 0.640. The number of hydrogen-bond donors (Lipinski definition) is 2. The minimum atomic E-state index is 0.0925. The average Bonchev–Trinajstić information content (AvgIpc) is 3.09. The second-order valence-corrected chi connectivity index (χ2v) is 5.61. The summed E-state index contributed by atoms with van der Waals surface area (Å²) in [7, 11) is 1.63. The smallest absolute Gasteiger partial charge is 0.295 e. The zero-order valence-corrected chi connectivity index (χ0v) is 14.4. The third kappa shape index (κ3) is 4.31. The molecule has 0 atom stereocenters. The fourth-order valence-corrected chi connectivity index (χ4v) is 2.30. The van der Waals surface area contributed by atoms with E-state index in [9.17, 15) is 4.39 Å². The van der Waals surface area contributed by atoms with E-state index in [2.05, 4.69) is 10.3 Å². The Morgan fingerprint density at radius 3 is 2.69 bits per heavy atom. The van der Waals surface area contributed by atoms with Gasteiger partial charge in [0.05, 0.1) is 13.4 Å². The lowest BCUT2D eigenvalue weighted by Gasteiger charge is -2.06. The first-order valence-electron chi connectivity index (χ1n) is 8.10. The van der Waals surface area contributed by atoms with Gasteiger partial charge in [-0.25, -0.2) is 4.39 Å². The fourth-order valence-electron chi connectivity index (χ4n) is 2.30. The summed E-state index contributed by atoms with van der Waals surface area (Å²) in [6.07, 6.45) is 0.466. The van der Waals surface area contributed by atoms with Crippen molar-refractivity contribution in [1.82, 2.24) is 4.98 Å². The van der Waals surface area contributed by atoms with E-state index < -0.39 is 0 Å². The zero-order chi connectivity index (χ0) is 18.4. The summed E-state index contributed by atoms with van der Waals surface area (Å²) < 4.78 is 28.9. The second kappa shape index (κ2) is 8.35. The largest absolute Gasteiger partial charge is 0.497 e. The van der Waals surface area contributed by atoms with Gasteiger partial charge in [0.1, 0.15) is 23.6 Å². The van der Waals surface area contributed by atoms with Crippen LogP contribution in [0, 0.1) is 0 Å². The van der Waals surface area contributed by atoms with Gasteiger partial charge in [0.15, 0.2) is 5.58 Å². The molecule has 1 heterocycles. The van der Waals surface area contributed by atoms with Gasteiger partial charge in [-0.15, -0.1) is 0 Å². The lowest BCUT2D eigenvalue weighted by molar-refractivity contribution is 0.347. The Kier molecular flexibility index (Phi) is 5.70. The number of methoxy groups -OCH3 is 1. The number of oxazole rings is 1. The Morgan fingerprint density at radius 1 is 1.23 bits per heavy atom. The van der Waals surface area contributed by atoms with Crippen molar-refractivity contribution in [2.24, 2.45) is 5.73 Å². The van der Waals surface area contributed by atoms with Crippen molar-refractivity contribution in [3.05, 3.63) is 59.9 Å². The van der Waals surface area contributed by atoms with Crippen LogP contribution < -0.4 is 20.5 Å². The number of nitrogens with zero attached hydrogens (tertiary/aromatic N) is 1. The molecule has 2 aromatic carbocycles. The molecular formula is C19H20FN3O3. The van der Waals surface area contributed by atoms with E-state index in [4.69, 9.17) is 19.6 Å². The maximum atomic E-state index is 12.5. The molecule has 0 amide bonds. The fraction of sp³-hybridized carbons (Fsp3) is 0.211. The zero-order valence-electron chi connectivity index (χ0n) is 14.4. The number of ether oxygens (including phenoxy) is 2. The van der Waals surface area contributed by atoms with Crippen LogP contribution in [0.25, 0.3) is 11.1 Å². The van der Waals surface area contributed by atoms with Gasteiger partial charge >= 0.3 is 0 Å². The van der Waals surface area contributed by atoms with Gasteiger partial charge in [0.2, 0.25) is 0 Å². The summed E-state index contributed by atoms with van der Waals surface area (Å²) in [5, 5.41) is 3.14. The molecule has 3 N–H and O–H groups in total. The predicted octanol–water partition coefficient (Wildman–Crippen LogP) is 3.64. The first kappa shape index (κ1) is 17.8. The summed E-state index contributed by atoms with van der Waals surface area (Å²) in [4.78, 5) is 4.38. The van der Waals surface area contributed by atoms with Crippen molar-refractivity contribution in [3.63, 3.8) is 0 Å². The number of rotatable bonds is 8. The summed E-state index contributed by atoms with van der Waals surface area (Å²) in [5.74, 6) is 1.37. The number of fused-ring (bicyclic) bond motifs is 1. The van der Waals surface area contributed by atoms with Crippen molar-refractivity contribution >= 4 is 17.1 Å². The number of anilines is 1. The molecule has 0 fully saturated rings. The van der Waals surface area contributed by atoms with Gasteiger partial charge in [-0.1, -0.05) is 12.1 Å². The van der Waals surface area contributed by atoms with Crippen LogP contribution in [0.1, 0.15) is 5.56 Å². The van der Waals surface area contributed by atoms with Crippen molar-refractivity contribution in [3.8, 4) is 11.5 Å². The number of halogens is 1. The van der Waals surface area contributed by atoms with E-state index >= 15 is 0 Å². The third-order valence-corrected chi connectivity index (χ3v) is 3.80. The topological polar surface area (TPSA) is 82.5 Å². The molecule has 7 heteroatoms. The highest BCUT2D eigenvalue weighted by molar-refractivity contribution is 5.76. The molecule has 6 nitrogen and oxygen atoms in total. The minimum absolute atomic E-state index is 0.0925. The Morgan fingerprint density at radius 2 is 2.00 bits per heavy atom. The van der Waals surface area contributed by atoms with Crippen molar-refractivity contribution in [2.45, 2.75) is 6.54 Å². The molecule has 136 valence electrons. The molecule has 0 bridgehead atoms. The molecule has 0 saturated heterocycles. The lowest BCUT2D eigenvalue weighted by atomic mass is 10.2. The highest BCUT2D eigenvalue weighted by Gasteiger charge is 2.08. The number of hydrogen-bond acceptors (Lipinski definition) is 6. The Hall–Kier alpha value is -3.06. The van der Waals surface area contributed by atoms with Crippen LogP contribution in [0.2, 0.25) is 0 Å². The molecular weight excluding hydrogens is 337 g/mol. The molecule has 0 spiro atoms. The van der Waals surface area contributed by atoms with Crippen LogP contribution in [-0.2, 0) is 6.54 Å². The standard InChI is InChI=1S/C19H20FN3O3/c1-24-15-4-2-13(3-5-15)11-22-19-23-17-7-6-16(8-18(17)26-19)25-12-14(9-20)10-21/h2-9H,10-12,21H2,1H3,(H,22,23)/b14-9+. The van der Waals surface area contributed by atoms with Crippen LogP contribution in [0.3, 0.4) is 0 Å². The number of aromatic nitrogens is 1. The molecule has 0 unspecified atom stereocenters. The summed E-state index contributed by atoms with van der Waals surface area (Å²) in [6.45, 7) is 0.775. The molecule has 26 heavy (non-hydrogen) atoms. The van der Waals surface area contributed by atoms with E-state index in [1.165, 1.54) is 0 Å². The molecule has 0 saturated carbocycles. The van der Waals surface area contributed by atoms with Gasteiger partial charge < -0.3 is 24.9 Å². The van der Waals surface area contributed by atoms with E-state index in [0.717, 1.165) is 11.3 Å². The molecule has 0 aliphatic heterocycles. The summed E-state index contributed by atoms with van der Waals surface area (Å²) in [5.41, 5.74) is 8.14. The normalized spacial score (nSPS) is 11.6. The third-order valence-electron chi connectivity index (χ3n) is 3.80. The molecule has 0 aliphatic carbocycles. The van der Waals surface area contributed by atoms with Gasteiger partial charge in [-0.05, 0) is 29.8 Å². The summed E-state index contributed by atoms with van der Waals surface area (Å²) in [6, 6.07) is 13.4. The minimum Gasteiger partial charge on any atom is -0.497 e. The van der Waals surface area contributed by atoms with Crippen molar-refractivity contribution < 1.29 is 18.3 Å². The van der Waals surface area contributed by atoms with E-state index in [1.807, 2.05) is 24.3 Å². The number of benzene rings is 2. The predicted molar refractivity (Wildman–Crippen MR) is 98.1 cm³/mol. The average molecular weight is 357 g/mol. The van der Waals surface area contributed by atoms with Crippen LogP contribution in [0.5, 0.6) is 11.5 Å². The maximum Gasteiger partial charge on any atom is 0.295 e. The van der Waals surface area contributed by atoms with Crippen molar-refractivity contribution in [2.75, 3.05) is 25.6 Å². The molecule has 0 aliphatic rings. The van der Waals surface area contributed by atoms with Crippen LogP contribution in [-0.4, -0.2) is 25.2 Å². The van der Waals surface area contributed by atoms with Gasteiger partial charge in [-0.3, -0.25) is 0 Å². The number of nitrogens with two attached hydrogens (primary N) is 1. The summed E-state index contributed by atoms with van der Waals surface area (Å²) >= 11 is 0. The van der Waals surface area contributed by atoms with Crippen LogP contribution in [0.4, 0.5) is 10.4 Å². The van der Waals surface area contributed by atoms with E-state index in [1.54, 1.807) is 25.3 Å².